The van der Waals surface area contributed by atoms with Crippen LogP contribution in [0.1, 0.15) is 15.9 Å². The van der Waals surface area contributed by atoms with Crippen LogP contribution in [0.2, 0.25) is 0 Å². The van der Waals surface area contributed by atoms with Gasteiger partial charge in [0.05, 0.1) is 31.2 Å². The number of hydrogen-bond acceptors (Lipinski definition) is 4. The zero-order chi connectivity index (χ0) is 17.9. The number of fused-ring (bicyclic) bond motifs is 3. The molecule has 0 unspecified atom stereocenters. The van der Waals surface area contributed by atoms with Crippen LogP contribution < -0.4 is 0 Å². The summed E-state index contributed by atoms with van der Waals surface area (Å²) in [4.78, 5) is 29.6. The van der Waals surface area contributed by atoms with Crippen LogP contribution in [0.5, 0.6) is 0 Å². The van der Waals surface area contributed by atoms with Gasteiger partial charge in [0.1, 0.15) is 0 Å². The van der Waals surface area contributed by atoms with Crippen molar-refractivity contribution in [2.24, 2.45) is 5.92 Å². The lowest BCUT2D eigenvalue weighted by molar-refractivity contribution is -0.133. The quantitative estimate of drug-likeness (QED) is 0.833. The van der Waals surface area contributed by atoms with E-state index in [4.69, 9.17) is 4.74 Å². The molecule has 2 saturated heterocycles. The van der Waals surface area contributed by atoms with Gasteiger partial charge in [-0.1, -0.05) is 30.3 Å². The summed E-state index contributed by atoms with van der Waals surface area (Å²) in [6.45, 7) is 2.92. The molecule has 6 heteroatoms. The van der Waals surface area contributed by atoms with Crippen LogP contribution in [0.4, 0.5) is 0 Å². The van der Waals surface area contributed by atoms with Crippen molar-refractivity contribution < 1.29 is 14.3 Å². The molecule has 2 aliphatic rings. The summed E-state index contributed by atoms with van der Waals surface area (Å²) in [5.41, 5.74) is 1.75. The van der Waals surface area contributed by atoms with Crippen LogP contribution >= 0.6 is 11.3 Å². The number of amides is 2. The highest BCUT2D eigenvalue weighted by molar-refractivity contribution is 7.08. The number of carbonyl (C=O) groups excluding carboxylic acids is 2. The van der Waals surface area contributed by atoms with Crippen LogP contribution in [0, 0.1) is 5.92 Å². The molecule has 2 aromatic rings. The molecular formula is C20H22N2O3S. The van der Waals surface area contributed by atoms with E-state index in [-0.39, 0.29) is 23.8 Å². The Morgan fingerprint density at radius 3 is 2.69 bits per heavy atom. The van der Waals surface area contributed by atoms with Gasteiger partial charge >= 0.3 is 0 Å². The number of carbonyl (C=O) groups is 2. The van der Waals surface area contributed by atoms with Crippen LogP contribution in [-0.2, 0) is 16.0 Å². The normalized spacial score (nSPS) is 22.8. The molecule has 26 heavy (non-hydrogen) atoms. The third-order valence-corrected chi connectivity index (χ3v) is 5.73. The largest absolute Gasteiger partial charge is 0.379 e. The maximum absolute atomic E-state index is 12.9. The van der Waals surface area contributed by atoms with Gasteiger partial charge in [0.15, 0.2) is 0 Å². The Hall–Kier alpha value is -2.18. The molecule has 0 aliphatic carbocycles. The van der Waals surface area contributed by atoms with Crippen molar-refractivity contribution in [3.63, 3.8) is 0 Å². The number of benzene rings is 1. The maximum Gasteiger partial charge on any atom is 0.254 e. The lowest BCUT2D eigenvalue weighted by atomic mass is 10.1. The summed E-state index contributed by atoms with van der Waals surface area (Å²) >= 11 is 1.53. The van der Waals surface area contributed by atoms with E-state index in [0.29, 0.717) is 39.3 Å². The van der Waals surface area contributed by atoms with Crippen molar-refractivity contribution >= 4 is 23.2 Å². The molecular weight excluding hydrogens is 348 g/mol. The molecule has 0 radical (unpaired) electrons. The number of rotatable bonds is 3. The van der Waals surface area contributed by atoms with Gasteiger partial charge in [0.2, 0.25) is 5.91 Å². The minimum Gasteiger partial charge on any atom is -0.379 e. The van der Waals surface area contributed by atoms with E-state index in [2.05, 4.69) is 0 Å². The summed E-state index contributed by atoms with van der Waals surface area (Å²) in [5.74, 6) is 0.326. The van der Waals surface area contributed by atoms with Crippen LogP contribution in [0.25, 0.3) is 0 Å². The SMILES string of the molecule is O=C(c1ccsc1)N1C[C@@H]2COC[C@H](C1)N(C(=O)Cc1ccccc1)C2. The van der Waals surface area contributed by atoms with Crippen molar-refractivity contribution in [3.8, 4) is 0 Å². The van der Waals surface area contributed by atoms with Crippen molar-refractivity contribution in [1.29, 1.82) is 0 Å². The highest BCUT2D eigenvalue weighted by Crippen LogP contribution is 2.23. The highest BCUT2D eigenvalue weighted by atomic mass is 32.1. The van der Waals surface area contributed by atoms with Gasteiger partial charge in [0.25, 0.3) is 5.91 Å². The molecule has 1 aromatic carbocycles. The van der Waals surface area contributed by atoms with Crippen molar-refractivity contribution in [2.75, 3.05) is 32.8 Å². The second-order valence-corrected chi connectivity index (χ2v) is 7.77. The Balaban J connectivity index is 1.51. The first-order valence-corrected chi connectivity index (χ1v) is 9.87. The predicted octanol–water partition coefficient (Wildman–Crippen LogP) is 2.29. The summed E-state index contributed by atoms with van der Waals surface area (Å²) in [6.07, 6.45) is 0.391. The van der Waals surface area contributed by atoms with Crippen LogP contribution in [0.3, 0.4) is 0 Å². The van der Waals surface area contributed by atoms with Gasteiger partial charge in [-0.15, -0.1) is 0 Å². The smallest absolute Gasteiger partial charge is 0.254 e. The molecule has 0 N–H and O–H groups in total. The number of thiophene rings is 1. The molecule has 2 aliphatic heterocycles. The average Bonchev–Trinajstić information content (AvgIpc) is 3.01. The molecule has 136 valence electrons. The minimum absolute atomic E-state index is 0.0560. The van der Waals surface area contributed by atoms with Crippen molar-refractivity contribution in [2.45, 2.75) is 12.5 Å². The zero-order valence-electron chi connectivity index (χ0n) is 14.5. The molecule has 3 heterocycles. The Morgan fingerprint density at radius 2 is 1.92 bits per heavy atom. The van der Waals surface area contributed by atoms with Crippen molar-refractivity contribution in [1.82, 2.24) is 9.80 Å². The van der Waals surface area contributed by atoms with E-state index in [9.17, 15) is 9.59 Å². The first kappa shape index (κ1) is 17.2. The zero-order valence-corrected chi connectivity index (χ0v) is 15.4. The number of hydrogen-bond donors (Lipinski definition) is 0. The van der Waals surface area contributed by atoms with Gasteiger partial charge in [0, 0.05) is 30.9 Å². The average molecular weight is 370 g/mol. The fourth-order valence-electron chi connectivity index (χ4n) is 3.76. The van der Waals surface area contributed by atoms with Crippen molar-refractivity contribution in [3.05, 3.63) is 58.3 Å². The first-order chi connectivity index (χ1) is 12.7. The molecule has 0 spiro atoms. The summed E-state index contributed by atoms with van der Waals surface area (Å²) in [6, 6.07) is 11.6. The molecule has 2 fully saturated rings. The lowest BCUT2D eigenvalue weighted by Crippen LogP contribution is -2.48. The highest BCUT2D eigenvalue weighted by Gasteiger charge is 2.37. The molecule has 0 saturated carbocycles. The predicted molar refractivity (Wildman–Crippen MR) is 100 cm³/mol. The third kappa shape index (κ3) is 3.66. The lowest BCUT2D eigenvalue weighted by Gasteiger charge is -2.31. The monoisotopic (exact) mass is 370 g/mol. The van der Waals surface area contributed by atoms with E-state index in [1.165, 1.54) is 11.3 Å². The van der Waals surface area contributed by atoms with E-state index in [0.717, 1.165) is 11.1 Å². The fourth-order valence-corrected chi connectivity index (χ4v) is 4.38. The fraction of sp³-hybridized carbons (Fsp3) is 0.400. The molecule has 2 atom stereocenters. The van der Waals surface area contributed by atoms with E-state index < -0.39 is 0 Å². The van der Waals surface area contributed by atoms with Gasteiger partial charge in [-0.05, 0) is 17.0 Å². The Bertz CT molecular complexity index is 763. The molecule has 4 rings (SSSR count). The Labute approximate surface area is 157 Å². The standard InChI is InChI=1S/C20H22N2O3S/c23-19(8-15-4-2-1-3-5-15)22-10-16-9-21(11-18(22)13-25-12-16)20(24)17-6-7-26-14-17/h1-7,14,16,18H,8-13H2/t16-,18-/m0/s1. The second-order valence-electron chi connectivity index (χ2n) is 6.99. The van der Waals surface area contributed by atoms with Crippen LogP contribution in [-0.4, -0.2) is 60.5 Å². The first-order valence-electron chi connectivity index (χ1n) is 8.93. The maximum atomic E-state index is 12.9. The Morgan fingerprint density at radius 1 is 1.08 bits per heavy atom. The van der Waals surface area contributed by atoms with E-state index in [1.54, 1.807) is 0 Å². The van der Waals surface area contributed by atoms with E-state index in [1.807, 2.05) is 57.0 Å². The molecule has 2 bridgehead atoms. The van der Waals surface area contributed by atoms with Crippen LogP contribution in [0.15, 0.2) is 47.2 Å². The summed E-state index contributed by atoms with van der Waals surface area (Å²) < 4.78 is 5.78. The second kappa shape index (κ2) is 7.60. The van der Waals surface area contributed by atoms with E-state index >= 15 is 0 Å². The minimum atomic E-state index is -0.0821. The van der Waals surface area contributed by atoms with Gasteiger partial charge < -0.3 is 14.5 Å². The molecule has 2 amide bonds. The van der Waals surface area contributed by atoms with Gasteiger partial charge in [-0.3, -0.25) is 9.59 Å². The molecule has 5 nitrogen and oxygen atoms in total. The summed E-state index contributed by atoms with van der Waals surface area (Å²) in [5, 5.41) is 3.81. The number of nitrogens with zero attached hydrogens (tertiary/aromatic N) is 2. The summed E-state index contributed by atoms with van der Waals surface area (Å²) in [7, 11) is 0. The number of ether oxygens (including phenoxy) is 1. The Kier molecular flexibility index (Phi) is 5.04. The van der Waals surface area contributed by atoms with Gasteiger partial charge in [-0.25, -0.2) is 0 Å². The topological polar surface area (TPSA) is 49.9 Å². The van der Waals surface area contributed by atoms with Gasteiger partial charge in [-0.2, -0.15) is 11.3 Å². The third-order valence-electron chi connectivity index (χ3n) is 5.04. The molecule has 1 aromatic heterocycles.